The van der Waals surface area contributed by atoms with Crippen LogP contribution in [0.5, 0.6) is 0 Å². The van der Waals surface area contributed by atoms with Gasteiger partial charge in [-0.05, 0) is 18.4 Å². The van der Waals surface area contributed by atoms with E-state index < -0.39 is 0 Å². The summed E-state index contributed by atoms with van der Waals surface area (Å²) in [4.78, 5) is 16.6. The van der Waals surface area contributed by atoms with Gasteiger partial charge in [-0.25, -0.2) is 9.97 Å². The minimum Gasteiger partial charge on any atom is -0.347 e. The van der Waals surface area contributed by atoms with E-state index in [-0.39, 0.29) is 0 Å². The van der Waals surface area contributed by atoms with Crippen molar-refractivity contribution in [2.24, 2.45) is 0 Å². The first-order chi connectivity index (χ1) is 11.2. The molecule has 4 aromatic rings. The lowest BCUT2D eigenvalue weighted by Gasteiger charge is -2.07. The van der Waals surface area contributed by atoms with Crippen LogP contribution in [0.15, 0.2) is 35.6 Å². The van der Waals surface area contributed by atoms with E-state index in [1.165, 1.54) is 11.8 Å². The lowest BCUT2D eigenvalue weighted by molar-refractivity contribution is 0.824. The van der Waals surface area contributed by atoms with Gasteiger partial charge in [0.05, 0.1) is 23.8 Å². The molecule has 0 atom stereocenters. The van der Waals surface area contributed by atoms with Gasteiger partial charge in [-0.3, -0.25) is 0 Å². The van der Waals surface area contributed by atoms with Crippen molar-refractivity contribution in [1.82, 2.24) is 29.5 Å². The number of para-hydroxylation sites is 2. The summed E-state index contributed by atoms with van der Waals surface area (Å²) in [5, 5.41) is 8.57. The van der Waals surface area contributed by atoms with Crippen LogP contribution in [0.3, 0.4) is 0 Å². The maximum Gasteiger partial charge on any atom is 0.228 e. The van der Waals surface area contributed by atoms with Gasteiger partial charge in [0, 0.05) is 0 Å². The number of thioether (sulfide) groups is 1. The summed E-state index contributed by atoms with van der Waals surface area (Å²) in [6.07, 6.45) is 3.47. The third-order valence-corrected chi connectivity index (χ3v) is 4.15. The van der Waals surface area contributed by atoms with Crippen LogP contribution in [0.1, 0.15) is 5.82 Å². The predicted octanol–water partition coefficient (Wildman–Crippen LogP) is 2.99. The van der Waals surface area contributed by atoms with Crippen molar-refractivity contribution in [1.29, 1.82) is 0 Å². The van der Waals surface area contributed by atoms with Gasteiger partial charge in [0.25, 0.3) is 0 Å². The Morgan fingerprint density at radius 1 is 1.26 bits per heavy atom. The average Bonchev–Trinajstić information content (AvgIpc) is 3.16. The van der Waals surface area contributed by atoms with Crippen molar-refractivity contribution in [2.75, 3.05) is 11.6 Å². The number of benzene rings is 1. The maximum absolute atomic E-state index is 6.11. The number of rotatable bonds is 4. The summed E-state index contributed by atoms with van der Waals surface area (Å²) in [5.74, 6) is 1.40. The number of imidazole rings is 1. The molecule has 7 nitrogen and oxygen atoms in total. The molecule has 0 spiro atoms. The molecular formula is C14H12ClN7S. The highest BCUT2D eigenvalue weighted by atomic mass is 35.5. The van der Waals surface area contributed by atoms with Crippen LogP contribution in [0.25, 0.3) is 16.7 Å². The normalized spacial score (nSPS) is 11.4. The quantitative estimate of drug-likeness (QED) is 0.553. The molecule has 0 aliphatic heterocycles. The molecule has 0 saturated heterocycles. The monoisotopic (exact) mass is 345 g/mol. The van der Waals surface area contributed by atoms with Gasteiger partial charge in [-0.15, -0.1) is 0 Å². The highest BCUT2D eigenvalue weighted by molar-refractivity contribution is 7.98. The Morgan fingerprint density at radius 3 is 2.96 bits per heavy atom. The SMILES string of the molecule is CSc1nc(NCc2nc3ccccc3[nH]2)n2ncc(Cl)c2n1. The van der Waals surface area contributed by atoms with Gasteiger partial charge in [-0.2, -0.15) is 14.6 Å². The first-order valence-electron chi connectivity index (χ1n) is 6.87. The van der Waals surface area contributed by atoms with Gasteiger partial charge in [0.2, 0.25) is 5.95 Å². The Kier molecular flexibility index (Phi) is 3.55. The average molecular weight is 346 g/mol. The van der Waals surface area contributed by atoms with Crippen LogP contribution >= 0.6 is 23.4 Å². The molecule has 9 heteroatoms. The molecule has 0 bridgehead atoms. The zero-order valence-corrected chi connectivity index (χ0v) is 13.7. The molecule has 2 N–H and O–H groups in total. The molecule has 0 unspecified atom stereocenters. The highest BCUT2D eigenvalue weighted by Gasteiger charge is 2.12. The Balaban J connectivity index is 1.66. The van der Waals surface area contributed by atoms with Crippen molar-refractivity contribution < 1.29 is 0 Å². The smallest absolute Gasteiger partial charge is 0.228 e. The van der Waals surface area contributed by atoms with E-state index in [2.05, 4.69) is 30.4 Å². The molecule has 1 aromatic carbocycles. The van der Waals surface area contributed by atoms with Gasteiger partial charge < -0.3 is 10.3 Å². The number of nitrogens with one attached hydrogen (secondary N) is 2. The molecule has 0 aliphatic carbocycles. The van der Waals surface area contributed by atoms with Gasteiger partial charge in [0.1, 0.15) is 10.8 Å². The number of nitrogens with zero attached hydrogens (tertiary/aromatic N) is 5. The number of anilines is 1. The number of aromatic nitrogens is 6. The second-order valence-electron chi connectivity index (χ2n) is 4.82. The van der Waals surface area contributed by atoms with Crippen molar-refractivity contribution >= 4 is 46.0 Å². The second-order valence-corrected chi connectivity index (χ2v) is 6.00. The van der Waals surface area contributed by atoms with E-state index in [1.807, 2.05) is 30.5 Å². The molecule has 0 saturated carbocycles. The number of aromatic amines is 1. The summed E-state index contributed by atoms with van der Waals surface area (Å²) < 4.78 is 1.59. The van der Waals surface area contributed by atoms with Gasteiger partial charge in [-0.1, -0.05) is 35.5 Å². The molecule has 4 rings (SSSR count). The minimum atomic E-state index is 0.492. The highest BCUT2D eigenvalue weighted by Crippen LogP contribution is 2.21. The Hall–Kier alpha value is -2.32. The van der Waals surface area contributed by atoms with E-state index in [9.17, 15) is 0 Å². The summed E-state index contributed by atoms with van der Waals surface area (Å²) in [7, 11) is 0. The first kappa shape index (κ1) is 14.3. The Bertz CT molecular complexity index is 960. The Morgan fingerprint density at radius 2 is 2.13 bits per heavy atom. The van der Waals surface area contributed by atoms with E-state index in [0.717, 1.165) is 16.9 Å². The standard InChI is InChI=1S/C14H12ClN7S/c1-23-14-20-12-8(15)6-17-22(12)13(21-14)16-7-11-18-9-4-2-3-5-10(9)19-11/h2-6H,7H2,1H3,(H,18,19)(H,16,20,21). The maximum atomic E-state index is 6.11. The largest absolute Gasteiger partial charge is 0.347 e. The molecule has 116 valence electrons. The van der Waals surface area contributed by atoms with E-state index in [0.29, 0.717) is 28.3 Å². The summed E-state index contributed by atoms with van der Waals surface area (Å²) >= 11 is 7.56. The number of halogens is 1. The number of hydrogen-bond acceptors (Lipinski definition) is 6. The summed E-state index contributed by atoms with van der Waals surface area (Å²) in [5.41, 5.74) is 2.52. The third kappa shape index (κ3) is 2.60. The van der Waals surface area contributed by atoms with Crippen molar-refractivity contribution in [3.63, 3.8) is 0 Å². The van der Waals surface area contributed by atoms with E-state index in [4.69, 9.17) is 11.6 Å². The zero-order valence-electron chi connectivity index (χ0n) is 12.1. The van der Waals surface area contributed by atoms with Crippen LogP contribution in [0.4, 0.5) is 5.95 Å². The predicted molar refractivity (Wildman–Crippen MR) is 91.0 cm³/mol. The zero-order chi connectivity index (χ0) is 15.8. The summed E-state index contributed by atoms with van der Waals surface area (Å²) in [6, 6.07) is 7.90. The van der Waals surface area contributed by atoms with Crippen LogP contribution in [0, 0.1) is 0 Å². The Labute approximate surface area is 140 Å². The number of H-pyrrole nitrogens is 1. The fourth-order valence-corrected chi connectivity index (χ4v) is 2.81. The molecular weight excluding hydrogens is 334 g/mol. The fourth-order valence-electron chi connectivity index (χ4n) is 2.29. The van der Waals surface area contributed by atoms with Crippen LogP contribution < -0.4 is 5.32 Å². The van der Waals surface area contributed by atoms with Gasteiger partial charge in [0.15, 0.2) is 10.8 Å². The molecule has 0 radical (unpaired) electrons. The number of fused-ring (bicyclic) bond motifs is 2. The first-order valence-corrected chi connectivity index (χ1v) is 8.47. The molecule has 0 aliphatic rings. The molecule has 23 heavy (non-hydrogen) atoms. The molecule has 3 aromatic heterocycles. The third-order valence-electron chi connectivity index (χ3n) is 3.34. The van der Waals surface area contributed by atoms with Crippen molar-refractivity contribution in [3.8, 4) is 0 Å². The lowest BCUT2D eigenvalue weighted by atomic mass is 10.3. The lowest BCUT2D eigenvalue weighted by Crippen LogP contribution is -2.10. The number of hydrogen-bond donors (Lipinski definition) is 2. The fraction of sp³-hybridized carbons (Fsp3) is 0.143. The molecule has 3 heterocycles. The topological polar surface area (TPSA) is 83.8 Å². The van der Waals surface area contributed by atoms with Crippen molar-refractivity contribution in [3.05, 3.63) is 41.3 Å². The van der Waals surface area contributed by atoms with Crippen LogP contribution in [-0.4, -0.2) is 35.8 Å². The van der Waals surface area contributed by atoms with Crippen LogP contribution in [0.2, 0.25) is 5.02 Å². The van der Waals surface area contributed by atoms with E-state index in [1.54, 1.807) is 10.7 Å². The van der Waals surface area contributed by atoms with Crippen molar-refractivity contribution in [2.45, 2.75) is 11.7 Å². The van der Waals surface area contributed by atoms with Gasteiger partial charge >= 0.3 is 0 Å². The molecule has 0 fully saturated rings. The molecule has 0 amide bonds. The minimum absolute atomic E-state index is 0.492. The second kappa shape index (κ2) is 5.71. The van der Waals surface area contributed by atoms with E-state index >= 15 is 0 Å². The van der Waals surface area contributed by atoms with Crippen LogP contribution in [-0.2, 0) is 6.54 Å². The summed E-state index contributed by atoms with van der Waals surface area (Å²) in [6.45, 7) is 0.492.